The van der Waals surface area contributed by atoms with Crippen LogP contribution in [0.25, 0.3) is 0 Å². The molecule has 0 heterocycles. The van der Waals surface area contributed by atoms with Gasteiger partial charge in [-0.2, -0.15) is 4.39 Å². The van der Waals surface area contributed by atoms with E-state index in [1.807, 2.05) is 0 Å². The SMILES string of the molecule is COC(=O)[C@@H](N)[C@H](O)c1ccc([N+](=O)[O-])c(F)c1. The number of nitro groups is 1. The van der Waals surface area contributed by atoms with Crippen molar-refractivity contribution in [2.45, 2.75) is 12.1 Å². The van der Waals surface area contributed by atoms with Crippen molar-refractivity contribution in [1.29, 1.82) is 0 Å². The van der Waals surface area contributed by atoms with Crippen molar-refractivity contribution in [3.8, 4) is 0 Å². The summed E-state index contributed by atoms with van der Waals surface area (Å²) < 4.78 is 17.6. The van der Waals surface area contributed by atoms with Gasteiger partial charge in [0.25, 0.3) is 0 Å². The summed E-state index contributed by atoms with van der Waals surface area (Å²) in [6.07, 6.45) is -1.51. The number of methoxy groups -OCH3 is 1. The van der Waals surface area contributed by atoms with Crippen molar-refractivity contribution in [3.05, 3.63) is 39.7 Å². The predicted octanol–water partition coefficient (Wildman–Crippen LogP) is 0.268. The van der Waals surface area contributed by atoms with Gasteiger partial charge in [-0.05, 0) is 17.7 Å². The lowest BCUT2D eigenvalue weighted by atomic mass is 10.0. The Kier molecular flexibility index (Phi) is 4.29. The van der Waals surface area contributed by atoms with Crippen molar-refractivity contribution in [2.75, 3.05) is 7.11 Å². The number of ether oxygens (including phenoxy) is 1. The molecule has 2 atom stereocenters. The molecular formula is C10H11FN2O5. The molecule has 7 nitrogen and oxygen atoms in total. The average Bonchev–Trinajstić information content (AvgIpc) is 2.35. The van der Waals surface area contributed by atoms with Crippen LogP contribution in [0.1, 0.15) is 11.7 Å². The number of aliphatic hydroxyl groups is 1. The van der Waals surface area contributed by atoms with Crippen molar-refractivity contribution < 1.29 is 24.0 Å². The fourth-order valence-electron chi connectivity index (χ4n) is 1.33. The number of benzene rings is 1. The smallest absolute Gasteiger partial charge is 0.325 e. The van der Waals surface area contributed by atoms with Gasteiger partial charge in [-0.3, -0.25) is 14.9 Å². The van der Waals surface area contributed by atoms with Crippen molar-refractivity contribution in [2.24, 2.45) is 5.73 Å². The maximum Gasteiger partial charge on any atom is 0.325 e. The summed E-state index contributed by atoms with van der Waals surface area (Å²) in [7, 11) is 1.09. The first-order chi connectivity index (χ1) is 8.38. The molecule has 1 rings (SSSR count). The first-order valence-corrected chi connectivity index (χ1v) is 4.83. The van der Waals surface area contributed by atoms with Crippen LogP contribution < -0.4 is 5.73 Å². The van der Waals surface area contributed by atoms with Crippen LogP contribution in [0, 0.1) is 15.9 Å². The molecule has 0 saturated carbocycles. The van der Waals surface area contributed by atoms with Gasteiger partial charge in [0.15, 0.2) is 0 Å². The largest absolute Gasteiger partial charge is 0.468 e. The molecule has 0 amide bonds. The van der Waals surface area contributed by atoms with E-state index in [1.54, 1.807) is 0 Å². The summed E-state index contributed by atoms with van der Waals surface area (Å²) >= 11 is 0. The Balaban J connectivity index is 3.01. The van der Waals surface area contributed by atoms with E-state index in [-0.39, 0.29) is 5.56 Å². The predicted molar refractivity (Wildman–Crippen MR) is 58.0 cm³/mol. The third-order valence-electron chi connectivity index (χ3n) is 2.32. The van der Waals surface area contributed by atoms with Gasteiger partial charge in [-0.15, -0.1) is 0 Å². The topological polar surface area (TPSA) is 116 Å². The Morgan fingerprint density at radius 1 is 1.61 bits per heavy atom. The van der Waals surface area contributed by atoms with Crippen LogP contribution in [0.4, 0.5) is 10.1 Å². The minimum Gasteiger partial charge on any atom is -0.468 e. The number of esters is 1. The Morgan fingerprint density at radius 3 is 2.67 bits per heavy atom. The number of halogens is 1. The zero-order valence-corrected chi connectivity index (χ0v) is 9.37. The highest BCUT2D eigenvalue weighted by Crippen LogP contribution is 2.23. The van der Waals surface area contributed by atoms with E-state index in [0.29, 0.717) is 0 Å². The third kappa shape index (κ3) is 2.79. The van der Waals surface area contributed by atoms with Crippen molar-refractivity contribution >= 4 is 11.7 Å². The summed E-state index contributed by atoms with van der Waals surface area (Å²) in [5.74, 6) is -1.99. The number of nitrogens with two attached hydrogens (primary N) is 1. The van der Waals surface area contributed by atoms with Gasteiger partial charge in [0.05, 0.1) is 12.0 Å². The van der Waals surface area contributed by atoms with Crippen LogP contribution in [0.2, 0.25) is 0 Å². The van der Waals surface area contributed by atoms with Crippen LogP contribution in [0.5, 0.6) is 0 Å². The molecule has 0 aliphatic carbocycles. The first-order valence-electron chi connectivity index (χ1n) is 4.83. The monoisotopic (exact) mass is 258 g/mol. The Morgan fingerprint density at radius 2 is 2.22 bits per heavy atom. The van der Waals surface area contributed by atoms with E-state index >= 15 is 0 Å². The number of aliphatic hydroxyl groups excluding tert-OH is 1. The molecule has 0 bridgehead atoms. The highest BCUT2D eigenvalue weighted by atomic mass is 19.1. The third-order valence-corrected chi connectivity index (χ3v) is 2.32. The van der Waals surface area contributed by atoms with Crippen LogP contribution in [-0.2, 0) is 9.53 Å². The van der Waals surface area contributed by atoms with E-state index in [0.717, 1.165) is 25.3 Å². The summed E-state index contributed by atoms with van der Waals surface area (Å²) in [4.78, 5) is 20.6. The number of nitrogens with zero attached hydrogens (tertiary/aromatic N) is 1. The summed E-state index contributed by atoms with van der Waals surface area (Å²) in [5, 5.41) is 20.1. The summed E-state index contributed by atoms with van der Waals surface area (Å²) in [5.41, 5.74) is 4.60. The number of hydrogen-bond acceptors (Lipinski definition) is 6. The number of rotatable bonds is 4. The maximum atomic E-state index is 13.3. The van der Waals surface area contributed by atoms with Gasteiger partial charge in [0, 0.05) is 6.07 Å². The number of carbonyl (C=O) groups excluding carboxylic acids is 1. The fraction of sp³-hybridized carbons (Fsp3) is 0.300. The van der Waals surface area contributed by atoms with Crippen molar-refractivity contribution in [1.82, 2.24) is 0 Å². The minimum absolute atomic E-state index is 0.0454. The zero-order chi connectivity index (χ0) is 13.9. The minimum atomic E-state index is -1.51. The van der Waals surface area contributed by atoms with E-state index in [2.05, 4.69) is 4.74 Å². The van der Waals surface area contributed by atoms with Gasteiger partial charge in [0.1, 0.15) is 12.1 Å². The molecule has 98 valence electrons. The van der Waals surface area contributed by atoms with Gasteiger partial charge < -0.3 is 15.6 Å². The zero-order valence-electron chi connectivity index (χ0n) is 9.37. The van der Waals surface area contributed by atoms with E-state index in [1.165, 1.54) is 0 Å². The maximum absolute atomic E-state index is 13.3. The van der Waals surface area contributed by atoms with Crippen LogP contribution in [0.3, 0.4) is 0 Å². The highest BCUT2D eigenvalue weighted by Gasteiger charge is 2.26. The second-order valence-corrected chi connectivity index (χ2v) is 3.46. The number of carbonyl (C=O) groups is 1. The first kappa shape index (κ1) is 14.0. The molecular weight excluding hydrogens is 247 g/mol. The van der Waals surface area contributed by atoms with E-state index in [4.69, 9.17) is 5.73 Å². The lowest BCUT2D eigenvalue weighted by Gasteiger charge is -2.16. The Hall–Kier alpha value is -2.06. The second kappa shape index (κ2) is 5.52. The van der Waals surface area contributed by atoms with Gasteiger partial charge in [-0.25, -0.2) is 0 Å². The fourth-order valence-corrected chi connectivity index (χ4v) is 1.33. The second-order valence-electron chi connectivity index (χ2n) is 3.46. The van der Waals surface area contributed by atoms with E-state index < -0.39 is 34.5 Å². The molecule has 1 aromatic carbocycles. The van der Waals surface area contributed by atoms with Crippen LogP contribution in [-0.4, -0.2) is 29.2 Å². The molecule has 0 spiro atoms. The standard InChI is InChI=1S/C10H11FN2O5/c1-18-10(15)8(12)9(14)5-2-3-7(13(16)17)6(11)4-5/h2-4,8-9,14H,12H2,1H3/t8-,9+/m0/s1. The van der Waals surface area contributed by atoms with Crippen molar-refractivity contribution in [3.63, 3.8) is 0 Å². The summed E-state index contributed by atoms with van der Waals surface area (Å²) in [6.45, 7) is 0. The van der Waals surface area contributed by atoms with Gasteiger partial charge in [-0.1, -0.05) is 0 Å². The molecule has 0 fully saturated rings. The van der Waals surface area contributed by atoms with Crippen LogP contribution >= 0.6 is 0 Å². The molecule has 0 radical (unpaired) electrons. The molecule has 18 heavy (non-hydrogen) atoms. The molecule has 8 heteroatoms. The average molecular weight is 258 g/mol. The highest BCUT2D eigenvalue weighted by molar-refractivity contribution is 5.76. The molecule has 0 aromatic heterocycles. The number of hydrogen-bond donors (Lipinski definition) is 2. The molecule has 0 unspecified atom stereocenters. The lowest BCUT2D eigenvalue weighted by Crippen LogP contribution is -2.37. The van der Waals surface area contributed by atoms with Gasteiger partial charge in [0.2, 0.25) is 5.82 Å². The molecule has 0 saturated heterocycles. The molecule has 1 aromatic rings. The normalized spacial score (nSPS) is 13.8. The molecule has 3 N–H and O–H groups in total. The van der Waals surface area contributed by atoms with E-state index in [9.17, 15) is 24.4 Å². The quantitative estimate of drug-likeness (QED) is 0.455. The molecule has 0 aliphatic rings. The number of nitro benzene ring substituents is 1. The molecule has 0 aliphatic heterocycles. The Bertz CT molecular complexity index is 479. The lowest BCUT2D eigenvalue weighted by molar-refractivity contribution is -0.387. The van der Waals surface area contributed by atoms with Crippen LogP contribution in [0.15, 0.2) is 18.2 Å². The summed E-state index contributed by atoms with van der Waals surface area (Å²) in [6, 6.07) is 1.37. The van der Waals surface area contributed by atoms with Gasteiger partial charge >= 0.3 is 11.7 Å². The Labute approximate surface area is 101 Å².